The predicted molar refractivity (Wildman–Crippen MR) is 94.5 cm³/mol. The number of hydrogen-bond acceptors (Lipinski definition) is 3. The van der Waals surface area contributed by atoms with Gasteiger partial charge in [0.25, 0.3) is 0 Å². The van der Waals surface area contributed by atoms with E-state index in [1.54, 1.807) is 0 Å². The Morgan fingerprint density at radius 1 is 1.30 bits per heavy atom. The van der Waals surface area contributed by atoms with Gasteiger partial charge in [0.2, 0.25) is 0 Å². The van der Waals surface area contributed by atoms with Crippen LogP contribution in [0.3, 0.4) is 0 Å². The Morgan fingerprint density at radius 3 is 2.48 bits per heavy atom. The normalized spacial score (nSPS) is 25.3. The van der Waals surface area contributed by atoms with Crippen LogP contribution >= 0.6 is 0 Å². The Labute approximate surface area is 142 Å². The van der Waals surface area contributed by atoms with Crippen molar-refractivity contribution in [3.8, 4) is 0 Å². The SMILES string of the molecule is CC(NCC1(C(C)C)CC1)C1CCCN(C(=O)OC(C)(C)C)C1. The third kappa shape index (κ3) is 5.10. The molecule has 0 aromatic carbocycles. The molecule has 1 amide bonds. The van der Waals surface area contributed by atoms with Gasteiger partial charge in [-0.2, -0.15) is 0 Å². The van der Waals surface area contributed by atoms with Crippen LogP contribution in [0.4, 0.5) is 4.79 Å². The topological polar surface area (TPSA) is 41.6 Å². The molecule has 2 unspecified atom stereocenters. The van der Waals surface area contributed by atoms with E-state index in [1.165, 1.54) is 19.3 Å². The minimum atomic E-state index is -0.413. The number of carbonyl (C=O) groups is 1. The van der Waals surface area contributed by atoms with E-state index in [-0.39, 0.29) is 6.09 Å². The number of ether oxygens (including phenoxy) is 1. The minimum Gasteiger partial charge on any atom is -0.444 e. The van der Waals surface area contributed by atoms with Gasteiger partial charge in [-0.15, -0.1) is 0 Å². The molecule has 0 radical (unpaired) electrons. The van der Waals surface area contributed by atoms with Crippen LogP contribution in [-0.2, 0) is 4.74 Å². The Kier molecular flexibility index (Phi) is 5.65. The van der Waals surface area contributed by atoms with Gasteiger partial charge in [0.1, 0.15) is 5.60 Å². The van der Waals surface area contributed by atoms with Crippen molar-refractivity contribution in [2.45, 2.75) is 78.9 Å². The van der Waals surface area contributed by atoms with Crippen LogP contribution in [0.2, 0.25) is 0 Å². The standard InChI is InChI=1S/C19H36N2O2/c1-14(2)19(9-10-19)13-20-15(3)16-8-7-11-21(12-16)17(22)23-18(4,5)6/h14-16,20H,7-13H2,1-6H3. The number of rotatable bonds is 5. The largest absolute Gasteiger partial charge is 0.444 e. The highest BCUT2D eigenvalue weighted by atomic mass is 16.6. The zero-order valence-corrected chi connectivity index (χ0v) is 15.9. The number of piperidine rings is 1. The molecule has 2 fully saturated rings. The summed E-state index contributed by atoms with van der Waals surface area (Å²) in [6, 6.07) is 0.455. The third-order valence-corrected chi connectivity index (χ3v) is 5.71. The zero-order valence-electron chi connectivity index (χ0n) is 15.9. The van der Waals surface area contributed by atoms with Crippen LogP contribution in [0, 0.1) is 17.3 Å². The van der Waals surface area contributed by atoms with Crippen molar-refractivity contribution in [1.82, 2.24) is 10.2 Å². The lowest BCUT2D eigenvalue weighted by Gasteiger charge is -2.37. The van der Waals surface area contributed by atoms with Gasteiger partial charge in [0, 0.05) is 25.7 Å². The molecule has 0 bridgehead atoms. The van der Waals surface area contributed by atoms with Gasteiger partial charge in [-0.1, -0.05) is 13.8 Å². The molecule has 0 aromatic rings. The molecule has 134 valence electrons. The summed E-state index contributed by atoms with van der Waals surface area (Å²) in [6.45, 7) is 15.5. The molecule has 2 atom stereocenters. The number of nitrogens with one attached hydrogen (secondary N) is 1. The summed E-state index contributed by atoms with van der Waals surface area (Å²) in [6.07, 6.45) is 4.83. The fraction of sp³-hybridized carbons (Fsp3) is 0.947. The number of hydrogen-bond donors (Lipinski definition) is 1. The fourth-order valence-corrected chi connectivity index (χ4v) is 3.56. The first-order chi connectivity index (χ1) is 10.6. The third-order valence-electron chi connectivity index (χ3n) is 5.71. The van der Waals surface area contributed by atoms with Crippen molar-refractivity contribution in [2.24, 2.45) is 17.3 Å². The lowest BCUT2D eigenvalue weighted by molar-refractivity contribution is 0.0147. The first-order valence-corrected chi connectivity index (χ1v) is 9.34. The van der Waals surface area contributed by atoms with Gasteiger partial charge in [-0.3, -0.25) is 0 Å². The maximum atomic E-state index is 12.3. The molecule has 1 aliphatic heterocycles. The van der Waals surface area contributed by atoms with Crippen LogP contribution in [-0.4, -0.2) is 42.3 Å². The van der Waals surface area contributed by atoms with Gasteiger partial charge in [0.05, 0.1) is 0 Å². The Hall–Kier alpha value is -0.770. The average Bonchev–Trinajstić information content (AvgIpc) is 3.24. The zero-order chi connectivity index (χ0) is 17.3. The second kappa shape index (κ2) is 7.00. The van der Waals surface area contributed by atoms with E-state index in [4.69, 9.17) is 4.74 Å². The van der Waals surface area contributed by atoms with Gasteiger partial charge < -0.3 is 15.0 Å². The van der Waals surface area contributed by atoms with Crippen molar-refractivity contribution >= 4 is 6.09 Å². The molecule has 0 aromatic heterocycles. The second-order valence-electron chi connectivity index (χ2n) is 9.02. The molecular formula is C19H36N2O2. The van der Waals surface area contributed by atoms with E-state index >= 15 is 0 Å². The molecule has 2 rings (SSSR count). The first-order valence-electron chi connectivity index (χ1n) is 9.34. The fourth-order valence-electron chi connectivity index (χ4n) is 3.56. The van der Waals surface area contributed by atoms with Gasteiger partial charge >= 0.3 is 6.09 Å². The summed E-state index contributed by atoms with van der Waals surface area (Å²) in [4.78, 5) is 14.2. The predicted octanol–water partition coefficient (Wildman–Crippen LogP) is 4.05. The van der Waals surface area contributed by atoms with E-state index < -0.39 is 5.60 Å². The summed E-state index contributed by atoms with van der Waals surface area (Å²) in [5.41, 5.74) is 0.122. The van der Waals surface area contributed by atoms with Crippen molar-refractivity contribution in [3.05, 3.63) is 0 Å². The van der Waals surface area contributed by atoms with Crippen LogP contribution in [0.1, 0.15) is 67.2 Å². The summed E-state index contributed by atoms with van der Waals surface area (Å²) < 4.78 is 5.53. The lowest BCUT2D eigenvalue weighted by atomic mass is 9.89. The Balaban J connectivity index is 1.82. The van der Waals surface area contributed by atoms with E-state index in [9.17, 15) is 4.79 Å². The van der Waals surface area contributed by atoms with Crippen molar-refractivity contribution < 1.29 is 9.53 Å². The smallest absolute Gasteiger partial charge is 0.410 e. The molecule has 23 heavy (non-hydrogen) atoms. The number of likely N-dealkylation sites (tertiary alicyclic amines) is 1. The molecule has 4 heteroatoms. The van der Waals surface area contributed by atoms with Crippen molar-refractivity contribution in [2.75, 3.05) is 19.6 Å². The number of amides is 1. The Morgan fingerprint density at radius 2 is 1.96 bits per heavy atom. The molecule has 1 N–H and O–H groups in total. The lowest BCUT2D eigenvalue weighted by Crippen LogP contribution is -2.48. The molecule has 1 aliphatic carbocycles. The summed E-state index contributed by atoms with van der Waals surface area (Å²) in [7, 11) is 0. The highest BCUT2D eigenvalue weighted by Crippen LogP contribution is 2.51. The molecule has 1 saturated heterocycles. The summed E-state index contributed by atoms with van der Waals surface area (Å²) >= 11 is 0. The number of nitrogens with zero attached hydrogens (tertiary/aromatic N) is 1. The van der Waals surface area contributed by atoms with Gasteiger partial charge in [-0.05, 0) is 70.6 Å². The molecule has 4 nitrogen and oxygen atoms in total. The number of carbonyl (C=O) groups excluding carboxylic acids is 1. The van der Waals surface area contributed by atoms with Crippen LogP contribution in [0.25, 0.3) is 0 Å². The monoisotopic (exact) mass is 324 g/mol. The Bertz CT molecular complexity index is 410. The van der Waals surface area contributed by atoms with Crippen molar-refractivity contribution in [3.63, 3.8) is 0 Å². The molecule has 0 spiro atoms. The van der Waals surface area contributed by atoms with Crippen LogP contribution in [0.5, 0.6) is 0 Å². The molecule has 2 aliphatic rings. The molecule has 1 heterocycles. The average molecular weight is 325 g/mol. The molecular weight excluding hydrogens is 288 g/mol. The van der Waals surface area contributed by atoms with Crippen LogP contribution in [0.15, 0.2) is 0 Å². The van der Waals surface area contributed by atoms with E-state index in [2.05, 4.69) is 26.1 Å². The minimum absolute atomic E-state index is 0.157. The van der Waals surface area contributed by atoms with Gasteiger partial charge in [0.15, 0.2) is 0 Å². The van der Waals surface area contributed by atoms with E-state index in [0.717, 1.165) is 32.0 Å². The first kappa shape index (κ1) is 18.6. The maximum absolute atomic E-state index is 12.3. The summed E-state index contributed by atoms with van der Waals surface area (Å²) in [5, 5.41) is 3.77. The highest BCUT2D eigenvalue weighted by molar-refractivity contribution is 5.68. The maximum Gasteiger partial charge on any atom is 0.410 e. The van der Waals surface area contributed by atoms with Gasteiger partial charge in [-0.25, -0.2) is 4.79 Å². The molecule has 1 saturated carbocycles. The quantitative estimate of drug-likeness (QED) is 0.829. The highest BCUT2D eigenvalue weighted by Gasteiger charge is 2.45. The van der Waals surface area contributed by atoms with Crippen LogP contribution < -0.4 is 5.32 Å². The summed E-state index contributed by atoms with van der Waals surface area (Å²) in [5.74, 6) is 1.28. The second-order valence-corrected chi connectivity index (χ2v) is 9.02. The van der Waals surface area contributed by atoms with E-state index in [0.29, 0.717) is 17.4 Å². The van der Waals surface area contributed by atoms with Crippen molar-refractivity contribution in [1.29, 1.82) is 0 Å². The van der Waals surface area contributed by atoms with E-state index in [1.807, 2.05) is 25.7 Å².